The molecule has 7 heteroatoms. The number of anilines is 1. The van der Waals surface area contributed by atoms with Crippen LogP contribution < -0.4 is 10.1 Å². The molecule has 2 aromatic carbocycles. The van der Waals surface area contributed by atoms with E-state index in [0.29, 0.717) is 17.7 Å². The number of amides is 1. The Morgan fingerprint density at radius 3 is 2.50 bits per heavy atom. The summed E-state index contributed by atoms with van der Waals surface area (Å²) in [6.45, 7) is 1.94. The van der Waals surface area contributed by atoms with Crippen molar-refractivity contribution >= 4 is 17.6 Å². The highest BCUT2D eigenvalue weighted by Gasteiger charge is 2.16. The molecule has 2 heterocycles. The number of pyridine rings is 1. The number of hydrogen-bond acceptors (Lipinski definition) is 4. The van der Waals surface area contributed by atoms with Gasteiger partial charge in [-0.1, -0.05) is 0 Å². The van der Waals surface area contributed by atoms with Gasteiger partial charge in [0.05, 0.1) is 31.1 Å². The number of hydrogen-bond donors (Lipinski definition) is 2. The van der Waals surface area contributed by atoms with Gasteiger partial charge in [0.1, 0.15) is 5.75 Å². The van der Waals surface area contributed by atoms with Gasteiger partial charge in [-0.2, -0.15) is 0 Å². The number of nitrogens with one attached hydrogen (secondary N) is 1. The van der Waals surface area contributed by atoms with Crippen molar-refractivity contribution in [2.24, 2.45) is 0 Å². The molecular weight excluding hydrogens is 430 g/mol. The van der Waals surface area contributed by atoms with Crippen LogP contribution in [0, 0.1) is 6.92 Å². The fourth-order valence-corrected chi connectivity index (χ4v) is 3.87. The highest BCUT2D eigenvalue weighted by atomic mass is 16.5. The molecule has 2 aromatic heterocycles. The molecule has 4 aromatic rings. The molecule has 0 bridgehead atoms. The van der Waals surface area contributed by atoms with Gasteiger partial charge in [0.25, 0.3) is 5.91 Å². The van der Waals surface area contributed by atoms with Crippen LogP contribution in [-0.4, -0.2) is 33.6 Å². The summed E-state index contributed by atoms with van der Waals surface area (Å²) in [5.41, 5.74) is 5.70. The summed E-state index contributed by atoms with van der Waals surface area (Å²) < 4.78 is 7.33. The first kappa shape index (κ1) is 22.8. The predicted octanol–water partition coefficient (Wildman–Crippen LogP) is 5.13. The second kappa shape index (κ2) is 10.0. The molecule has 0 fully saturated rings. The lowest BCUT2D eigenvalue weighted by atomic mass is 10.1. The Morgan fingerprint density at radius 2 is 1.85 bits per heavy atom. The van der Waals surface area contributed by atoms with Gasteiger partial charge in [-0.3, -0.25) is 14.6 Å². The van der Waals surface area contributed by atoms with Crippen LogP contribution in [0.25, 0.3) is 16.9 Å². The molecule has 0 atom stereocenters. The lowest BCUT2D eigenvalue weighted by molar-refractivity contribution is -0.136. The third-order valence-corrected chi connectivity index (χ3v) is 5.56. The summed E-state index contributed by atoms with van der Waals surface area (Å²) in [4.78, 5) is 28.0. The highest BCUT2D eigenvalue weighted by molar-refractivity contribution is 6.04. The van der Waals surface area contributed by atoms with E-state index in [0.717, 1.165) is 34.0 Å². The van der Waals surface area contributed by atoms with Crippen molar-refractivity contribution in [3.05, 3.63) is 95.9 Å². The normalized spacial score (nSPS) is 10.6. The molecule has 0 saturated carbocycles. The van der Waals surface area contributed by atoms with Crippen molar-refractivity contribution in [1.29, 1.82) is 0 Å². The first-order valence-corrected chi connectivity index (χ1v) is 10.9. The minimum Gasteiger partial charge on any atom is -0.497 e. The molecule has 172 valence electrons. The van der Waals surface area contributed by atoms with Crippen molar-refractivity contribution in [2.75, 3.05) is 12.4 Å². The minimum absolute atomic E-state index is 0.0245. The summed E-state index contributed by atoms with van der Waals surface area (Å²) in [5.74, 6) is -0.317. The molecule has 0 aliphatic carbocycles. The van der Waals surface area contributed by atoms with E-state index < -0.39 is 5.97 Å². The molecule has 0 saturated heterocycles. The van der Waals surface area contributed by atoms with Crippen LogP contribution in [0.15, 0.2) is 79.1 Å². The van der Waals surface area contributed by atoms with Crippen molar-refractivity contribution < 1.29 is 19.4 Å². The summed E-state index contributed by atoms with van der Waals surface area (Å²) in [5, 5.41) is 12.1. The van der Waals surface area contributed by atoms with Crippen LogP contribution in [0.3, 0.4) is 0 Å². The number of carboxylic acids is 1. The molecule has 0 radical (unpaired) electrons. The lowest BCUT2D eigenvalue weighted by Gasteiger charge is -2.17. The average Bonchev–Trinajstić information content (AvgIpc) is 3.27. The number of rotatable bonds is 8. The molecule has 34 heavy (non-hydrogen) atoms. The quantitative estimate of drug-likeness (QED) is 0.384. The fraction of sp³-hybridized carbons (Fsp3) is 0.148. The average molecular weight is 456 g/mol. The van der Waals surface area contributed by atoms with Gasteiger partial charge in [0.2, 0.25) is 0 Å². The molecule has 2 N–H and O–H groups in total. The topological polar surface area (TPSA) is 93.5 Å². The van der Waals surface area contributed by atoms with E-state index in [1.165, 1.54) is 0 Å². The Morgan fingerprint density at radius 1 is 1.06 bits per heavy atom. The number of aryl methyl sites for hydroxylation is 2. The zero-order valence-electron chi connectivity index (χ0n) is 19.0. The number of carbonyl (C=O) groups is 2. The monoisotopic (exact) mass is 455 g/mol. The number of benzene rings is 2. The van der Waals surface area contributed by atoms with Crippen LogP contribution in [-0.2, 0) is 11.2 Å². The standard InChI is InChI=1S/C27H25N3O4/c1-18-16-20(27(33)29-21-4-3-15-28-17-21)7-12-24(18)30-22(9-14-26(31)32)8-13-25(30)19-5-10-23(34-2)11-6-19/h3-8,10-13,15-17H,9,14H2,1-2H3,(H,29,33)(H,31,32). The van der Waals surface area contributed by atoms with E-state index in [9.17, 15) is 14.7 Å². The van der Waals surface area contributed by atoms with E-state index in [1.54, 1.807) is 37.7 Å². The summed E-state index contributed by atoms with van der Waals surface area (Å²) in [7, 11) is 1.62. The van der Waals surface area contributed by atoms with Gasteiger partial charge in [0.15, 0.2) is 0 Å². The zero-order chi connectivity index (χ0) is 24.1. The van der Waals surface area contributed by atoms with Gasteiger partial charge in [-0.15, -0.1) is 0 Å². The maximum Gasteiger partial charge on any atom is 0.303 e. The van der Waals surface area contributed by atoms with E-state index in [-0.39, 0.29) is 12.3 Å². The number of carboxylic acid groups (broad SMARTS) is 1. The van der Waals surface area contributed by atoms with Crippen LogP contribution in [0.1, 0.15) is 28.0 Å². The number of carbonyl (C=O) groups excluding carboxylic acids is 1. The number of ether oxygens (including phenoxy) is 1. The molecule has 0 unspecified atom stereocenters. The summed E-state index contributed by atoms with van der Waals surface area (Å²) in [6, 6.07) is 20.7. The van der Waals surface area contributed by atoms with E-state index in [1.807, 2.05) is 55.5 Å². The van der Waals surface area contributed by atoms with E-state index >= 15 is 0 Å². The Balaban J connectivity index is 1.71. The summed E-state index contributed by atoms with van der Waals surface area (Å²) in [6.07, 6.45) is 3.65. The van der Waals surface area contributed by atoms with Crippen LogP contribution in [0.5, 0.6) is 5.75 Å². The van der Waals surface area contributed by atoms with Gasteiger partial charge in [-0.25, -0.2) is 0 Å². The zero-order valence-corrected chi connectivity index (χ0v) is 19.0. The predicted molar refractivity (Wildman–Crippen MR) is 131 cm³/mol. The molecule has 0 aliphatic rings. The Bertz CT molecular complexity index is 1310. The Labute approximate surface area is 197 Å². The van der Waals surface area contributed by atoms with Crippen LogP contribution >= 0.6 is 0 Å². The fourth-order valence-electron chi connectivity index (χ4n) is 3.87. The number of aromatic nitrogens is 2. The minimum atomic E-state index is -0.849. The molecule has 0 spiro atoms. The van der Waals surface area contributed by atoms with E-state index in [2.05, 4.69) is 14.9 Å². The van der Waals surface area contributed by atoms with Crippen molar-refractivity contribution in [3.63, 3.8) is 0 Å². The van der Waals surface area contributed by atoms with Crippen molar-refractivity contribution in [2.45, 2.75) is 19.8 Å². The van der Waals surface area contributed by atoms with Crippen molar-refractivity contribution in [3.8, 4) is 22.7 Å². The SMILES string of the molecule is COc1ccc(-c2ccc(CCC(=O)O)n2-c2ccc(C(=O)Nc3cccnc3)cc2C)cc1. The van der Waals surface area contributed by atoms with E-state index in [4.69, 9.17) is 4.74 Å². The molecule has 7 nitrogen and oxygen atoms in total. The lowest BCUT2D eigenvalue weighted by Crippen LogP contribution is -2.13. The molecule has 1 amide bonds. The summed E-state index contributed by atoms with van der Waals surface area (Å²) >= 11 is 0. The first-order valence-electron chi connectivity index (χ1n) is 10.9. The molecule has 4 rings (SSSR count). The van der Waals surface area contributed by atoms with Crippen molar-refractivity contribution in [1.82, 2.24) is 9.55 Å². The highest BCUT2D eigenvalue weighted by Crippen LogP contribution is 2.30. The smallest absolute Gasteiger partial charge is 0.303 e. The van der Waals surface area contributed by atoms with Crippen LogP contribution in [0.2, 0.25) is 0 Å². The third kappa shape index (κ3) is 4.99. The maximum absolute atomic E-state index is 12.7. The molecule has 0 aliphatic heterocycles. The number of aliphatic carboxylic acids is 1. The second-order valence-electron chi connectivity index (χ2n) is 7.86. The van der Waals surface area contributed by atoms with Gasteiger partial charge in [0, 0.05) is 23.1 Å². The number of methoxy groups -OCH3 is 1. The second-order valence-corrected chi connectivity index (χ2v) is 7.86. The van der Waals surface area contributed by atoms with Gasteiger partial charge < -0.3 is 19.7 Å². The third-order valence-electron chi connectivity index (χ3n) is 5.56. The maximum atomic E-state index is 12.7. The van der Waals surface area contributed by atoms with Crippen LogP contribution in [0.4, 0.5) is 5.69 Å². The Hall–Kier alpha value is -4.39. The van der Waals surface area contributed by atoms with Gasteiger partial charge in [-0.05, 0) is 91.2 Å². The first-order chi connectivity index (χ1) is 16.5. The largest absolute Gasteiger partial charge is 0.497 e. The van der Waals surface area contributed by atoms with Gasteiger partial charge >= 0.3 is 5.97 Å². The number of nitrogens with zero attached hydrogens (tertiary/aromatic N) is 2. The molecular formula is C27H25N3O4. The Kier molecular flexibility index (Phi) is 6.73.